The summed E-state index contributed by atoms with van der Waals surface area (Å²) in [6.45, 7) is 7.53. The van der Waals surface area contributed by atoms with Crippen LogP contribution in [0.15, 0.2) is 41.5 Å². The number of hydrogen-bond acceptors (Lipinski definition) is 3. The summed E-state index contributed by atoms with van der Waals surface area (Å²) in [6.07, 6.45) is 4.97. The molecule has 6 nitrogen and oxygen atoms in total. The van der Waals surface area contributed by atoms with Gasteiger partial charge >= 0.3 is 0 Å². The summed E-state index contributed by atoms with van der Waals surface area (Å²) in [4.78, 5) is 6.87. The SMILES string of the molecule is CN=C(NCCc1ccn(-c2ccc(F)cc2)n1)NC1CCN(C(C)C)CC1.I. The van der Waals surface area contributed by atoms with Crippen molar-refractivity contribution in [3.8, 4) is 5.69 Å². The average Bonchev–Trinajstić information content (AvgIpc) is 3.17. The van der Waals surface area contributed by atoms with E-state index in [1.807, 2.05) is 19.3 Å². The molecule has 160 valence electrons. The van der Waals surface area contributed by atoms with Gasteiger partial charge in [0.05, 0.1) is 11.4 Å². The van der Waals surface area contributed by atoms with Crippen molar-refractivity contribution in [3.63, 3.8) is 0 Å². The molecule has 2 aromatic rings. The van der Waals surface area contributed by atoms with Crippen molar-refractivity contribution in [2.45, 2.75) is 45.2 Å². The molecule has 1 fully saturated rings. The van der Waals surface area contributed by atoms with Gasteiger partial charge in [-0.25, -0.2) is 9.07 Å². The molecular formula is C21H32FIN6. The molecule has 0 spiro atoms. The van der Waals surface area contributed by atoms with Crippen molar-refractivity contribution in [3.05, 3.63) is 48.0 Å². The smallest absolute Gasteiger partial charge is 0.191 e. The lowest BCUT2D eigenvalue weighted by Crippen LogP contribution is -2.50. The molecular weight excluding hydrogens is 482 g/mol. The number of piperidine rings is 1. The summed E-state index contributed by atoms with van der Waals surface area (Å²) in [5.74, 6) is 0.607. The Hall–Kier alpha value is -1.68. The van der Waals surface area contributed by atoms with Gasteiger partial charge in [-0.3, -0.25) is 4.99 Å². The van der Waals surface area contributed by atoms with Crippen LogP contribution in [0.4, 0.5) is 4.39 Å². The fourth-order valence-corrected chi connectivity index (χ4v) is 3.49. The highest BCUT2D eigenvalue weighted by molar-refractivity contribution is 14.0. The van der Waals surface area contributed by atoms with Gasteiger partial charge < -0.3 is 15.5 Å². The third-order valence-corrected chi connectivity index (χ3v) is 5.23. The number of hydrogen-bond donors (Lipinski definition) is 2. The molecule has 0 amide bonds. The topological polar surface area (TPSA) is 57.5 Å². The molecule has 1 aliphatic heterocycles. The summed E-state index contributed by atoms with van der Waals surface area (Å²) >= 11 is 0. The van der Waals surface area contributed by atoms with Gasteiger partial charge in [0.15, 0.2) is 5.96 Å². The lowest BCUT2D eigenvalue weighted by Gasteiger charge is -2.35. The number of nitrogens with one attached hydrogen (secondary N) is 2. The van der Waals surface area contributed by atoms with Crippen molar-refractivity contribution in [1.82, 2.24) is 25.3 Å². The summed E-state index contributed by atoms with van der Waals surface area (Å²) in [5.41, 5.74) is 1.84. The van der Waals surface area contributed by atoms with Gasteiger partial charge in [0.2, 0.25) is 0 Å². The van der Waals surface area contributed by atoms with Gasteiger partial charge in [0, 0.05) is 51.4 Å². The maximum atomic E-state index is 13.0. The molecule has 1 aromatic carbocycles. The number of likely N-dealkylation sites (tertiary alicyclic amines) is 1. The van der Waals surface area contributed by atoms with Crippen LogP contribution in [-0.2, 0) is 6.42 Å². The summed E-state index contributed by atoms with van der Waals surface area (Å²) in [6, 6.07) is 9.41. The predicted octanol–water partition coefficient (Wildman–Crippen LogP) is 3.21. The first-order chi connectivity index (χ1) is 13.5. The van der Waals surface area contributed by atoms with Crippen molar-refractivity contribution in [2.75, 3.05) is 26.7 Å². The van der Waals surface area contributed by atoms with E-state index >= 15 is 0 Å². The summed E-state index contributed by atoms with van der Waals surface area (Å²) in [5, 5.41) is 11.5. The lowest BCUT2D eigenvalue weighted by atomic mass is 10.0. The Kier molecular flexibility index (Phi) is 9.35. The fraction of sp³-hybridized carbons (Fsp3) is 0.524. The van der Waals surface area contributed by atoms with Crippen molar-refractivity contribution in [1.29, 1.82) is 0 Å². The molecule has 8 heteroatoms. The first kappa shape index (κ1) is 23.6. The first-order valence-electron chi connectivity index (χ1n) is 10.1. The molecule has 0 atom stereocenters. The maximum absolute atomic E-state index is 13.0. The van der Waals surface area contributed by atoms with E-state index in [9.17, 15) is 4.39 Å². The van der Waals surface area contributed by atoms with E-state index in [0.29, 0.717) is 12.1 Å². The number of aliphatic imine (C=N–C) groups is 1. The van der Waals surface area contributed by atoms with Crippen LogP contribution in [0.1, 0.15) is 32.4 Å². The highest BCUT2D eigenvalue weighted by atomic mass is 127. The van der Waals surface area contributed by atoms with Gasteiger partial charge in [-0.05, 0) is 57.0 Å². The molecule has 0 bridgehead atoms. The monoisotopic (exact) mass is 514 g/mol. The Morgan fingerprint density at radius 3 is 2.52 bits per heavy atom. The summed E-state index contributed by atoms with van der Waals surface area (Å²) in [7, 11) is 1.81. The molecule has 0 aliphatic carbocycles. The number of nitrogens with zero attached hydrogens (tertiary/aromatic N) is 4. The third kappa shape index (κ3) is 6.95. The molecule has 1 saturated heterocycles. The van der Waals surface area contributed by atoms with Crippen LogP contribution in [0.5, 0.6) is 0 Å². The van der Waals surface area contributed by atoms with E-state index in [1.54, 1.807) is 16.8 Å². The van der Waals surface area contributed by atoms with Crippen LogP contribution in [0.3, 0.4) is 0 Å². The second kappa shape index (κ2) is 11.5. The van der Waals surface area contributed by atoms with Crippen molar-refractivity contribution >= 4 is 29.9 Å². The molecule has 2 heterocycles. The van der Waals surface area contributed by atoms with Gasteiger partial charge in [0.1, 0.15) is 5.82 Å². The van der Waals surface area contributed by atoms with E-state index in [1.165, 1.54) is 12.1 Å². The van der Waals surface area contributed by atoms with E-state index in [0.717, 1.165) is 56.2 Å². The molecule has 0 radical (unpaired) electrons. The second-order valence-electron chi connectivity index (χ2n) is 7.53. The molecule has 1 aromatic heterocycles. The molecule has 1 aliphatic rings. The highest BCUT2D eigenvalue weighted by Crippen LogP contribution is 2.13. The van der Waals surface area contributed by atoms with Crippen LogP contribution >= 0.6 is 24.0 Å². The van der Waals surface area contributed by atoms with Gasteiger partial charge in [-0.15, -0.1) is 24.0 Å². The normalized spacial score (nSPS) is 16.0. The standard InChI is InChI=1S/C21H31FN6.HI/c1-16(2)27-13-9-18(10-14-27)25-21(23-3)24-12-8-19-11-15-28(26-19)20-6-4-17(22)5-7-20;/h4-7,11,15-16,18H,8-10,12-14H2,1-3H3,(H2,23,24,25);1H. The first-order valence-corrected chi connectivity index (χ1v) is 10.1. The minimum Gasteiger partial charge on any atom is -0.356 e. The molecule has 29 heavy (non-hydrogen) atoms. The molecule has 3 rings (SSSR count). The van der Waals surface area contributed by atoms with Gasteiger partial charge in [-0.2, -0.15) is 5.10 Å². The molecule has 0 unspecified atom stereocenters. The van der Waals surface area contributed by atoms with E-state index in [-0.39, 0.29) is 29.8 Å². The van der Waals surface area contributed by atoms with Crippen molar-refractivity contribution in [2.24, 2.45) is 4.99 Å². The van der Waals surface area contributed by atoms with Crippen LogP contribution in [0.2, 0.25) is 0 Å². The number of aromatic nitrogens is 2. The Bertz CT molecular complexity index is 766. The molecule has 0 saturated carbocycles. The maximum Gasteiger partial charge on any atom is 0.191 e. The van der Waals surface area contributed by atoms with Gasteiger partial charge in [0.25, 0.3) is 0 Å². The minimum absolute atomic E-state index is 0. The zero-order valence-electron chi connectivity index (χ0n) is 17.4. The highest BCUT2D eigenvalue weighted by Gasteiger charge is 2.21. The fourth-order valence-electron chi connectivity index (χ4n) is 3.49. The van der Waals surface area contributed by atoms with Gasteiger partial charge in [-0.1, -0.05) is 0 Å². The minimum atomic E-state index is -0.242. The quantitative estimate of drug-likeness (QED) is 0.353. The van der Waals surface area contributed by atoms with Crippen LogP contribution in [0.25, 0.3) is 5.69 Å². The second-order valence-corrected chi connectivity index (χ2v) is 7.53. The predicted molar refractivity (Wildman–Crippen MR) is 127 cm³/mol. The zero-order valence-corrected chi connectivity index (χ0v) is 19.8. The third-order valence-electron chi connectivity index (χ3n) is 5.23. The summed E-state index contributed by atoms with van der Waals surface area (Å²) < 4.78 is 14.8. The zero-order chi connectivity index (χ0) is 19.9. The Balaban J connectivity index is 0.00000300. The number of halogens is 2. The lowest BCUT2D eigenvalue weighted by molar-refractivity contribution is 0.167. The average molecular weight is 514 g/mol. The number of benzene rings is 1. The number of rotatable bonds is 6. The Morgan fingerprint density at radius 1 is 1.21 bits per heavy atom. The van der Waals surface area contributed by atoms with Crippen molar-refractivity contribution < 1.29 is 4.39 Å². The van der Waals surface area contributed by atoms with E-state index in [2.05, 4.69) is 39.5 Å². The number of guanidine groups is 1. The molecule has 2 N–H and O–H groups in total. The van der Waals surface area contributed by atoms with E-state index in [4.69, 9.17) is 0 Å². The van der Waals surface area contributed by atoms with E-state index < -0.39 is 0 Å². The Morgan fingerprint density at radius 2 is 1.90 bits per heavy atom. The largest absolute Gasteiger partial charge is 0.356 e. The van der Waals surface area contributed by atoms with Crippen LogP contribution < -0.4 is 10.6 Å². The Labute approximate surface area is 190 Å². The van der Waals surface area contributed by atoms with Crippen LogP contribution in [0, 0.1) is 5.82 Å². The van der Waals surface area contributed by atoms with Crippen LogP contribution in [-0.4, -0.2) is 59.4 Å².